The van der Waals surface area contributed by atoms with Crippen molar-refractivity contribution in [3.63, 3.8) is 0 Å². The van der Waals surface area contributed by atoms with Crippen molar-refractivity contribution < 1.29 is 9.72 Å². The highest BCUT2D eigenvalue weighted by molar-refractivity contribution is 5.75. The fraction of sp³-hybridized carbons (Fsp3) is 0.500. The van der Waals surface area contributed by atoms with Crippen molar-refractivity contribution >= 4 is 11.6 Å². The summed E-state index contributed by atoms with van der Waals surface area (Å²) in [6, 6.07) is 1.91. The number of carbonyl (C=O) groups is 1. The zero-order valence-electron chi connectivity index (χ0n) is 13.7. The first-order chi connectivity index (χ1) is 10.8. The summed E-state index contributed by atoms with van der Waals surface area (Å²) >= 11 is 0. The Morgan fingerprint density at radius 1 is 1.35 bits per heavy atom. The van der Waals surface area contributed by atoms with Crippen LogP contribution < -0.4 is 5.32 Å². The Hall–Kier alpha value is -2.71. The minimum atomic E-state index is -0.447. The maximum Gasteiger partial charge on any atom is 0.312 e. The number of nitro groups is 1. The molecule has 124 valence electrons. The van der Waals surface area contributed by atoms with Crippen LogP contribution in [0.4, 0.5) is 5.69 Å². The van der Waals surface area contributed by atoms with Crippen molar-refractivity contribution in [3.05, 3.63) is 39.0 Å². The molecular weight excluding hydrogens is 300 g/mol. The molecule has 0 saturated carbocycles. The van der Waals surface area contributed by atoms with Gasteiger partial charge < -0.3 is 5.32 Å². The smallest absolute Gasteiger partial charge is 0.312 e. The summed E-state index contributed by atoms with van der Waals surface area (Å²) in [4.78, 5) is 22.4. The van der Waals surface area contributed by atoms with Gasteiger partial charge in [0.25, 0.3) is 0 Å². The summed E-state index contributed by atoms with van der Waals surface area (Å²) in [5, 5.41) is 22.1. The van der Waals surface area contributed by atoms with E-state index in [1.807, 2.05) is 20.0 Å². The molecule has 0 radical (unpaired) electrons. The number of rotatable bonds is 6. The molecule has 0 unspecified atom stereocenters. The third-order valence-electron chi connectivity index (χ3n) is 3.71. The predicted molar refractivity (Wildman–Crippen MR) is 82.8 cm³/mol. The number of nitrogens with one attached hydrogen (secondary N) is 1. The second kappa shape index (κ2) is 6.59. The minimum absolute atomic E-state index is 0.00867. The number of aryl methyl sites for hydroxylation is 4. The van der Waals surface area contributed by atoms with E-state index in [1.54, 1.807) is 18.5 Å². The van der Waals surface area contributed by atoms with E-state index in [2.05, 4.69) is 15.5 Å². The Morgan fingerprint density at radius 3 is 2.57 bits per heavy atom. The normalized spacial score (nSPS) is 10.8. The van der Waals surface area contributed by atoms with Crippen molar-refractivity contribution in [1.82, 2.24) is 24.9 Å². The molecule has 0 aliphatic carbocycles. The van der Waals surface area contributed by atoms with Crippen LogP contribution >= 0.6 is 0 Å². The Kier molecular flexibility index (Phi) is 4.77. The van der Waals surface area contributed by atoms with Gasteiger partial charge >= 0.3 is 5.69 Å². The first kappa shape index (κ1) is 16.7. The molecule has 1 N–H and O–H groups in total. The van der Waals surface area contributed by atoms with Crippen LogP contribution in [0.5, 0.6) is 0 Å². The fourth-order valence-electron chi connectivity index (χ4n) is 2.38. The average molecular weight is 320 g/mol. The van der Waals surface area contributed by atoms with Gasteiger partial charge in [-0.15, -0.1) is 0 Å². The van der Waals surface area contributed by atoms with Gasteiger partial charge in [-0.25, -0.2) is 0 Å². The molecule has 0 bridgehead atoms. The van der Waals surface area contributed by atoms with E-state index in [1.165, 1.54) is 4.68 Å². The zero-order valence-corrected chi connectivity index (χ0v) is 13.7. The Bertz CT molecular complexity index is 727. The van der Waals surface area contributed by atoms with Crippen molar-refractivity contribution in [2.45, 2.75) is 40.3 Å². The largest absolute Gasteiger partial charge is 0.350 e. The molecular formula is C14H20N6O3. The highest BCUT2D eigenvalue weighted by Gasteiger charge is 2.21. The van der Waals surface area contributed by atoms with Crippen LogP contribution in [0.1, 0.15) is 29.2 Å². The van der Waals surface area contributed by atoms with Gasteiger partial charge in [0, 0.05) is 19.2 Å². The summed E-state index contributed by atoms with van der Waals surface area (Å²) in [7, 11) is 1.84. The van der Waals surface area contributed by atoms with E-state index in [0.29, 0.717) is 24.5 Å². The lowest BCUT2D eigenvalue weighted by molar-refractivity contribution is -0.386. The molecule has 1 amide bonds. The molecule has 0 fully saturated rings. The van der Waals surface area contributed by atoms with Crippen molar-refractivity contribution in [3.8, 4) is 0 Å². The third-order valence-corrected chi connectivity index (χ3v) is 3.71. The third kappa shape index (κ3) is 3.74. The van der Waals surface area contributed by atoms with Gasteiger partial charge in [-0.3, -0.25) is 24.3 Å². The van der Waals surface area contributed by atoms with Crippen LogP contribution in [0, 0.1) is 30.9 Å². The van der Waals surface area contributed by atoms with Crippen LogP contribution in [0.25, 0.3) is 0 Å². The molecule has 2 heterocycles. The summed E-state index contributed by atoms with van der Waals surface area (Å²) in [5.74, 6) is -0.150. The Morgan fingerprint density at radius 2 is 2.04 bits per heavy atom. The SMILES string of the molecule is Cc1nn(CCC(=O)NCc2cc(C)n(C)n2)c(C)c1[N+](=O)[O-]. The summed E-state index contributed by atoms with van der Waals surface area (Å²) in [6.45, 7) is 5.82. The lowest BCUT2D eigenvalue weighted by atomic mass is 10.3. The van der Waals surface area contributed by atoms with Gasteiger partial charge in [-0.05, 0) is 26.8 Å². The van der Waals surface area contributed by atoms with Gasteiger partial charge in [0.1, 0.15) is 11.4 Å². The second-order valence-corrected chi connectivity index (χ2v) is 5.43. The molecule has 0 spiro atoms. The van der Waals surface area contributed by atoms with Crippen LogP contribution in [-0.2, 0) is 24.9 Å². The number of aromatic nitrogens is 4. The standard InChI is InChI=1S/C14H20N6O3/c1-9-7-12(17-18(9)4)8-15-13(21)5-6-19-11(3)14(20(22)23)10(2)16-19/h7H,5-6,8H2,1-4H3,(H,15,21). The van der Waals surface area contributed by atoms with E-state index in [4.69, 9.17) is 0 Å². The molecule has 0 saturated heterocycles. The molecule has 0 aromatic carbocycles. The molecule has 9 heteroatoms. The second-order valence-electron chi connectivity index (χ2n) is 5.43. The highest BCUT2D eigenvalue weighted by Crippen LogP contribution is 2.21. The van der Waals surface area contributed by atoms with Crippen LogP contribution in [-0.4, -0.2) is 30.4 Å². The first-order valence-electron chi connectivity index (χ1n) is 7.24. The topological polar surface area (TPSA) is 108 Å². The summed E-state index contributed by atoms with van der Waals surface area (Å²) < 4.78 is 3.24. The number of amides is 1. The lowest BCUT2D eigenvalue weighted by Crippen LogP contribution is -2.24. The lowest BCUT2D eigenvalue weighted by Gasteiger charge is -2.05. The molecule has 0 aliphatic heterocycles. The monoisotopic (exact) mass is 320 g/mol. The first-order valence-corrected chi connectivity index (χ1v) is 7.24. The van der Waals surface area contributed by atoms with Crippen molar-refractivity contribution in [1.29, 1.82) is 0 Å². The molecule has 23 heavy (non-hydrogen) atoms. The van der Waals surface area contributed by atoms with Gasteiger partial charge in [-0.2, -0.15) is 10.2 Å². The van der Waals surface area contributed by atoms with E-state index in [0.717, 1.165) is 11.4 Å². The summed E-state index contributed by atoms with van der Waals surface area (Å²) in [6.07, 6.45) is 0.199. The summed E-state index contributed by atoms with van der Waals surface area (Å²) in [5.41, 5.74) is 2.64. The van der Waals surface area contributed by atoms with E-state index in [-0.39, 0.29) is 18.0 Å². The Balaban J connectivity index is 1.89. The number of nitrogens with zero attached hydrogens (tertiary/aromatic N) is 5. The van der Waals surface area contributed by atoms with Crippen molar-refractivity contribution in [2.75, 3.05) is 0 Å². The molecule has 9 nitrogen and oxygen atoms in total. The van der Waals surface area contributed by atoms with Gasteiger partial charge in [0.15, 0.2) is 0 Å². The number of hydrogen-bond donors (Lipinski definition) is 1. The maximum absolute atomic E-state index is 11.9. The van der Waals surface area contributed by atoms with Gasteiger partial charge in [-0.1, -0.05) is 0 Å². The van der Waals surface area contributed by atoms with Crippen LogP contribution in [0.15, 0.2) is 6.07 Å². The quantitative estimate of drug-likeness (QED) is 0.634. The molecule has 0 aliphatic rings. The molecule has 0 atom stereocenters. The van der Waals surface area contributed by atoms with Crippen LogP contribution in [0.3, 0.4) is 0 Å². The zero-order chi connectivity index (χ0) is 17.1. The fourth-order valence-corrected chi connectivity index (χ4v) is 2.38. The molecule has 2 aromatic heterocycles. The number of hydrogen-bond acceptors (Lipinski definition) is 5. The van der Waals surface area contributed by atoms with Crippen LogP contribution in [0.2, 0.25) is 0 Å². The van der Waals surface area contributed by atoms with Crippen molar-refractivity contribution in [2.24, 2.45) is 7.05 Å². The number of carbonyl (C=O) groups excluding carboxylic acids is 1. The van der Waals surface area contributed by atoms with E-state index in [9.17, 15) is 14.9 Å². The van der Waals surface area contributed by atoms with Gasteiger partial charge in [0.2, 0.25) is 5.91 Å². The Labute approximate surface area is 133 Å². The maximum atomic E-state index is 11.9. The minimum Gasteiger partial charge on any atom is -0.350 e. The molecule has 2 rings (SSSR count). The van der Waals surface area contributed by atoms with E-state index >= 15 is 0 Å². The van der Waals surface area contributed by atoms with E-state index < -0.39 is 4.92 Å². The highest BCUT2D eigenvalue weighted by atomic mass is 16.6. The van der Waals surface area contributed by atoms with Gasteiger partial charge in [0.05, 0.1) is 23.7 Å². The molecule has 2 aromatic rings. The predicted octanol–water partition coefficient (Wildman–Crippen LogP) is 1.16. The average Bonchev–Trinajstić information content (AvgIpc) is 2.94.